The fourth-order valence-electron chi connectivity index (χ4n) is 3.96. The predicted octanol–water partition coefficient (Wildman–Crippen LogP) is 1.69. The van der Waals surface area contributed by atoms with Gasteiger partial charge in [-0.1, -0.05) is 12.8 Å². The minimum absolute atomic E-state index is 0.0706. The molecule has 2 heterocycles. The summed E-state index contributed by atoms with van der Waals surface area (Å²) in [7, 11) is 0. The lowest BCUT2D eigenvalue weighted by Crippen LogP contribution is -2.45. The van der Waals surface area contributed by atoms with E-state index < -0.39 is 0 Å². The molecule has 1 amide bonds. The fraction of sp³-hybridized carbons (Fsp3) is 0.941. The minimum Gasteiger partial charge on any atom is -0.378 e. The van der Waals surface area contributed by atoms with Gasteiger partial charge in [-0.05, 0) is 44.4 Å². The highest BCUT2D eigenvalue weighted by molar-refractivity contribution is 5.81. The van der Waals surface area contributed by atoms with Gasteiger partial charge in [0, 0.05) is 26.2 Å². The van der Waals surface area contributed by atoms with E-state index in [4.69, 9.17) is 15.2 Å². The zero-order valence-corrected chi connectivity index (χ0v) is 13.5. The second kappa shape index (κ2) is 7.75. The van der Waals surface area contributed by atoms with E-state index in [0.717, 1.165) is 51.3 Å². The third-order valence-electron chi connectivity index (χ3n) is 5.44. The molecule has 0 spiro atoms. The van der Waals surface area contributed by atoms with Gasteiger partial charge in [0.05, 0.1) is 12.2 Å². The second-order valence-corrected chi connectivity index (χ2v) is 7.07. The molecule has 126 valence electrons. The Morgan fingerprint density at radius 3 is 2.45 bits per heavy atom. The quantitative estimate of drug-likeness (QED) is 0.839. The van der Waals surface area contributed by atoms with Gasteiger partial charge in [0.1, 0.15) is 6.10 Å². The van der Waals surface area contributed by atoms with Gasteiger partial charge in [-0.3, -0.25) is 4.79 Å². The van der Waals surface area contributed by atoms with Crippen LogP contribution in [-0.4, -0.2) is 55.4 Å². The molecule has 2 atom stereocenters. The number of amides is 1. The van der Waals surface area contributed by atoms with Crippen LogP contribution < -0.4 is 5.73 Å². The molecule has 3 aliphatic rings. The Balaban J connectivity index is 1.37. The SMILES string of the molecule is NC[C@H]1CC[C@@H](C(=O)N2CCC(OCC3CCCC3)CC2)O1. The van der Waals surface area contributed by atoms with Crippen molar-refractivity contribution in [3.05, 3.63) is 0 Å². The van der Waals surface area contributed by atoms with Crippen molar-refractivity contribution in [1.29, 1.82) is 0 Å². The number of nitrogens with zero attached hydrogens (tertiary/aromatic N) is 1. The van der Waals surface area contributed by atoms with E-state index >= 15 is 0 Å². The molecule has 0 bridgehead atoms. The Morgan fingerprint density at radius 2 is 1.82 bits per heavy atom. The highest BCUT2D eigenvalue weighted by Gasteiger charge is 2.34. The lowest BCUT2D eigenvalue weighted by atomic mass is 10.1. The van der Waals surface area contributed by atoms with Crippen molar-refractivity contribution in [3.63, 3.8) is 0 Å². The molecule has 1 aliphatic carbocycles. The molecule has 1 saturated carbocycles. The third kappa shape index (κ3) is 4.00. The maximum absolute atomic E-state index is 12.5. The maximum Gasteiger partial charge on any atom is 0.251 e. The van der Waals surface area contributed by atoms with Crippen molar-refractivity contribution < 1.29 is 14.3 Å². The van der Waals surface area contributed by atoms with Gasteiger partial charge in [-0.15, -0.1) is 0 Å². The Kier molecular flexibility index (Phi) is 5.71. The van der Waals surface area contributed by atoms with Gasteiger partial charge in [0.25, 0.3) is 5.91 Å². The van der Waals surface area contributed by atoms with Crippen LogP contribution in [0.15, 0.2) is 0 Å². The van der Waals surface area contributed by atoms with E-state index in [-0.39, 0.29) is 18.1 Å². The number of carbonyl (C=O) groups excluding carboxylic acids is 1. The molecule has 3 fully saturated rings. The molecule has 3 rings (SSSR count). The van der Waals surface area contributed by atoms with E-state index in [1.54, 1.807) is 0 Å². The molecule has 0 aromatic rings. The lowest BCUT2D eigenvalue weighted by molar-refractivity contribution is -0.145. The lowest BCUT2D eigenvalue weighted by Gasteiger charge is -2.33. The van der Waals surface area contributed by atoms with Gasteiger partial charge in [-0.25, -0.2) is 0 Å². The first-order chi connectivity index (χ1) is 10.8. The van der Waals surface area contributed by atoms with Gasteiger partial charge in [0.2, 0.25) is 0 Å². The highest BCUT2D eigenvalue weighted by atomic mass is 16.5. The first-order valence-corrected chi connectivity index (χ1v) is 9.02. The summed E-state index contributed by atoms with van der Waals surface area (Å²) in [5.41, 5.74) is 5.61. The van der Waals surface area contributed by atoms with Crippen molar-refractivity contribution in [2.75, 3.05) is 26.2 Å². The average Bonchev–Trinajstić information content (AvgIpc) is 3.24. The molecule has 0 radical (unpaired) electrons. The Hall–Kier alpha value is -0.650. The second-order valence-electron chi connectivity index (χ2n) is 7.07. The third-order valence-corrected chi connectivity index (χ3v) is 5.44. The van der Waals surface area contributed by atoms with Crippen molar-refractivity contribution in [2.24, 2.45) is 11.7 Å². The van der Waals surface area contributed by atoms with Crippen LogP contribution in [-0.2, 0) is 14.3 Å². The van der Waals surface area contributed by atoms with Crippen molar-refractivity contribution >= 4 is 5.91 Å². The van der Waals surface area contributed by atoms with E-state index in [1.165, 1.54) is 25.7 Å². The highest BCUT2D eigenvalue weighted by Crippen LogP contribution is 2.27. The van der Waals surface area contributed by atoms with Crippen LogP contribution in [0.5, 0.6) is 0 Å². The number of hydrogen-bond donors (Lipinski definition) is 1. The summed E-state index contributed by atoms with van der Waals surface area (Å²) in [6.07, 6.45) is 9.20. The minimum atomic E-state index is -0.260. The first-order valence-electron chi connectivity index (χ1n) is 9.02. The first kappa shape index (κ1) is 16.2. The Bertz CT molecular complexity index is 363. The number of likely N-dealkylation sites (tertiary alicyclic amines) is 1. The van der Waals surface area contributed by atoms with Crippen molar-refractivity contribution in [1.82, 2.24) is 4.90 Å². The summed E-state index contributed by atoms with van der Waals surface area (Å²) in [6.45, 7) is 3.05. The van der Waals surface area contributed by atoms with Crippen molar-refractivity contribution in [2.45, 2.75) is 69.7 Å². The average molecular weight is 310 g/mol. The van der Waals surface area contributed by atoms with Crippen LogP contribution >= 0.6 is 0 Å². The van der Waals surface area contributed by atoms with Crippen LogP contribution in [0.1, 0.15) is 51.4 Å². The summed E-state index contributed by atoms with van der Waals surface area (Å²) in [5, 5.41) is 0. The van der Waals surface area contributed by atoms with Gasteiger partial charge < -0.3 is 20.1 Å². The molecule has 5 heteroatoms. The van der Waals surface area contributed by atoms with Crippen molar-refractivity contribution in [3.8, 4) is 0 Å². The summed E-state index contributed by atoms with van der Waals surface area (Å²) < 4.78 is 11.8. The molecule has 5 nitrogen and oxygen atoms in total. The predicted molar refractivity (Wildman–Crippen MR) is 84.5 cm³/mol. The number of ether oxygens (including phenoxy) is 2. The molecular weight excluding hydrogens is 280 g/mol. The van der Waals surface area contributed by atoms with Gasteiger partial charge in [0.15, 0.2) is 0 Å². The Labute approximate surface area is 133 Å². The summed E-state index contributed by atoms with van der Waals surface area (Å²) in [4.78, 5) is 14.4. The standard InChI is InChI=1S/C17H30N2O3/c18-11-15-5-6-16(22-15)17(20)19-9-7-14(8-10-19)21-12-13-3-1-2-4-13/h13-16H,1-12,18H2/t15-,16+/m1/s1. The normalized spacial score (nSPS) is 31.0. The van der Waals surface area contributed by atoms with Crippen LogP contribution in [0, 0.1) is 5.92 Å². The molecule has 2 aliphatic heterocycles. The van der Waals surface area contributed by atoms with Crippen LogP contribution in [0.4, 0.5) is 0 Å². The number of hydrogen-bond acceptors (Lipinski definition) is 4. The van der Waals surface area contributed by atoms with Crippen LogP contribution in [0.2, 0.25) is 0 Å². The zero-order chi connectivity index (χ0) is 15.4. The van der Waals surface area contributed by atoms with Crippen LogP contribution in [0.25, 0.3) is 0 Å². The maximum atomic E-state index is 12.5. The summed E-state index contributed by atoms with van der Waals surface area (Å²) >= 11 is 0. The van der Waals surface area contributed by atoms with Gasteiger partial charge >= 0.3 is 0 Å². The monoisotopic (exact) mass is 310 g/mol. The molecule has 0 unspecified atom stereocenters. The fourth-order valence-corrected chi connectivity index (χ4v) is 3.96. The number of carbonyl (C=O) groups is 1. The summed E-state index contributed by atoms with van der Waals surface area (Å²) in [6, 6.07) is 0. The topological polar surface area (TPSA) is 64.8 Å². The molecule has 2 N–H and O–H groups in total. The van der Waals surface area contributed by atoms with E-state index in [0.29, 0.717) is 12.6 Å². The number of piperidine rings is 1. The van der Waals surface area contributed by atoms with Crippen LogP contribution in [0.3, 0.4) is 0 Å². The summed E-state index contributed by atoms with van der Waals surface area (Å²) in [5.74, 6) is 0.935. The molecular formula is C17H30N2O3. The zero-order valence-electron chi connectivity index (χ0n) is 13.5. The van der Waals surface area contributed by atoms with Gasteiger partial charge in [-0.2, -0.15) is 0 Å². The Morgan fingerprint density at radius 1 is 1.09 bits per heavy atom. The van der Waals surface area contributed by atoms with E-state index in [2.05, 4.69) is 0 Å². The van der Waals surface area contributed by atoms with E-state index in [1.807, 2.05) is 4.90 Å². The number of nitrogens with two attached hydrogens (primary N) is 1. The molecule has 0 aromatic carbocycles. The molecule has 0 aromatic heterocycles. The molecule has 2 saturated heterocycles. The number of rotatable bonds is 5. The smallest absolute Gasteiger partial charge is 0.251 e. The van der Waals surface area contributed by atoms with E-state index in [9.17, 15) is 4.79 Å². The largest absolute Gasteiger partial charge is 0.378 e. The molecule has 22 heavy (non-hydrogen) atoms.